The van der Waals surface area contributed by atoms with Gasteiger partial charge in [-0.2, -0.15) is 0 Å². The maximum atomic E-state index is 11.5. The van der Waals surface area contributed by atoms with E-state index in [1.54, 1.807) is 13.0 Å². The van der Waals surface area contributed by atoms with E-state index >= 15 is 0 Å². The number of nitrogens with one attached hydrogen (secondary N) is 1. The van der Waals surface area contributed by atoms with Gasteiger partial charge in [0, 0.05) is 18.3 Å². The van der Waals surface area contributed by atoms with Crippen molar-refractivity contribution in [3.63, 3.8) is 0 Å². The molecule has 0 amide bonds. The van der Waals surface area contributed by atoms with Crippen LogP contribution in [0, 0.1) is 0 Å². The van der Waals surface area contributed by atoms with Crippen molar-refractivity contribution in [1.29, 1.82) is 0 Å². The normalized spacial score (nSPS) is 15.7. The van der Waals surface area contributed by atoms with Crippen molar-refractivity contribution in [3.8, 4) is 0 Å². The van der Waals surface area contributed by atoms with Crippen molar-refractivity contribution >= 4 is 15.7 Å². The summed E-state index contributed by atoms with van der Waals surface area (Å²) in [6.07, 6.45) is 3.58. The highest BCUT2D eigenvalue weighted by molar-refractivity contribution is 7.92. The van der Waals surface area contributed by atoms with Crippen LogP contribution >= 0.6 is 0 Å². The molecule has 1 aromatic rings. The van der Waals surface area contributed by atoms with Crippen LogP contribution in [0.1, 0.15) is 25.3 Å². The monoisotopic (exact) mass is 282 g/mol. The molecule has 0 aliphatic heterocycles. The number of benzene rings is 1. The lowest BCUT2D eigenvalue weighted by Crippen LogP contribution is -2.23. The second kappa shape index (κ2) is 5.92. The first-order valence-electron chi connectivity index (χ1n) is 6.80. The Morgan fingerprint density at radius 3 is 2.74 bits per heavy atom. The lowest BCUT2D eigenvalue weighted by molar-refractivity contribution is 0.328. The molecule has 19 heavy (non-hydrogen) atoms. The fourth-order valence-corrected chi connectivity index (χ4v) is 2.68. The molecule has 0 unspecified atom stereocenters. The summed E-state index contributed by atoms with van der Waals surface area (Å²) in [4.78, 5) is 2.38. The number of anilines is 1. The van der Waals surface area contributed by atoms with Crippen molar-refractivity contribution < 1.29 is 8.42 Å². The van der Waals surface area contributed by atoms with E-state index in [0.717, 1.165) is 19.0 Å². The van der Waals surface area contributed by atoms with Gasteiger partial charge in [0.2, 0.25) is 10.0 Å². The van der Waals surface area contributed by atoms with E-state index in [2.05, 4.69) is 16.7 Å². The molecule has 1 aliphatic carbocycles. The van der Waals surface area contributed by atoms with Crippen LogP contribution in [-0.2, 0) is 16.4 Å². The summed E-state index contributed by atoms with van der Waals surface area (Å²) in [6.45, 7) is 2.66. The van der Waals surface area contributed by atoms with Crippen LogP contribution in [0.15, 0.2) is 24.3 Å². The molecule has 0 heterocycles. The van der Waals surface area contributed by atoms with Crippen LogP contribution in [0.3, 0.4) is 0 Å². The zero-order chi connectivity index (χ0) is 13.9. The maximum Gasteiger partial charge on any atom is 0.232 e. The summed E-state index contributed by atoms with van der Waals surface area (Å²) in [7, 11) is -1.03. The number of hydrogen-bond donors (Lipinski definition) is 1. The highest BCUT2D eigenvalue weighted by Gasteiger charge is 2.25. The third-order valence-electron chi connectivity index (χ3n) is 3.50. The molecule has 1 N–H and O–H groups in total. The van der Waals surface area contributed by atoms with Crippen molar-refractivity contribution in [1.82, 2.24) is 4.90 Å². The predicted octanol–water partition coefficient (Wildman–Crippen LogP) is 2.08. The molecule has 0 radical (unpaired) electrons. The maximum absolute atomic E-state index is 11.5. The van der Waals surface area contributed by atoms with Crippen LogP contribution in [-0.4, -0.2) is 38.7 Å². The number of rotatable bonds is 7. The first-order valence-corrected chi connectivity index (χ1v) is 8.45. The van der Waals surface area contributed by atoms with Crippen molar-refractivity contribution in [3.05, 3.63) is 29.8 Å². The van der Waals surface area contributed by atoms with E-state index in [0.29, 0.717) is 5.69 Å². The lowest BCUT2D eigenvalue weighted by Gasteiger charge is -2.15. The largest absolute Gasteiger partial charge is 0.303 e. The molecule has 1 saturated carbocycles. The third kappa shape index (κ3) is 4.51. The second-order valence-corrected chi connectivity index (χ2v) is 7.18. The molecule has 1 fully saturated rings. The molecule has 1 aromatic carbocycles. The Kier molecular flexibility index (Phi) is 4.47. The van der Waals surface area contributed by atoms with E-state index in [1.165, 1.54) is 18.4 Å². The minimum atomic E-state index is -3.18. The van der Waals surface area contributed by atoms with Crippen LogP contribution in [0.25, 0.3) is 0 Å². The fraction of sp³-hybridized carbons (Fsp3) is 0.571. The molecular weight excluding hydrogens is 260 g/mol. The van der Waals surface area contributed by atoms with Gasteiger partial charge < -0.3 is 4.90 Å². The molecule has 0 atom stereocenters. The topological polar surface area (TPSA) is 49.4 Å². The molecule has 0 aromatic heterocycles. The minimum absolute atomic E-state index is 0.0989. The zero-order valence-corrected chi connectivity index (χ0v) is 12.4. The van der Waals surface area contributed by atoms with E-state index in [4.69, 9.17) is 0 Å². The van der Waals surface area contributed by atoms with Gasteiger partial charge in [0.25, 0.3) is 0 Å². The van der Waals surface area contributed by atoms with Gasteiger partial charge in [-0.25, -0.2) is 8.42 Å². The molecule has 5 heteroatoms. The number of sulfonamides is 1. The van der Waals surface area contributed by atoms with Gasteiger partial charge in [-0.3, -0.25) is 4.72 Å². The number of hydrogen-bond acceptors (Lipinski definition) is 3. The van der Waals surface area contributed by atoms with Gasteiger partial charge in [0.05, 0.1) is 5.75 Å². The van der Waals surface area contributed by atoms with Crippen LogP contribution in [0.4, 0.5) is 5.69 Å². The lowest BCUT2D eigenvalue weighted by atomic mass is 10.1. The highest BCUT2D eigenvalue weighted by Crippen LogP contribution is 2.25. The van der Waals surface area contributed by atoms with E-state index in [9.17, 15) is 8.42 Å². The smallest absolute Gasteiger partial charge is 0.232 e. The summed E-state index contributed by atoms with van der Waals surface area (Å²) in [5.74, 6) is 0.0989. The SMILES string of the molecule is CCS(=O)(=O)Nc1cccc(CCN(C)C2CC2)c1. The summed E-state index contributed by atoms with van der Waals surface area (Å²) < 4.78 is 25.6. The standard InChI is InChI=1S/C14H22N2O2S/c1-3-19(17,18)15-13-6-4-5-12(11-13)9-10-16(2)14-7-8-14/h4-6,11,14-15H,3,7-10H2,1-2H3. The zero-order valence-electron chi connectivity index (χ0n) is 11.6. The van der Waals surface area contributed by atoms with Crippen LogP contribution < -0.4 is 4.72 Å². The molecule has 1 aliphatic rings. The minimum Gasteiger partial charge on any atom is -0.303 e. The van der Waals surface area contributed by atoms with Crippen molar-refractivity contribution in [2.45, 2.75) is 32.2 Å². The number of likely N-dealkylation sites (N-methyl/N-ethyl adjacent to an activating group) is 1. The summed E-state index contributed by atoms with van der Waals surface area (Å²) in [6, 6.07) is 8.43. The Bertz CT molecular complexity index is 524. The van der Waals surface area contributed by atoms with E-state index < -0.39 is 10.0 Å². The molecule has 0 saturated heterocycles. The quantitative estimate of drug-likeness (QED) is 0.833. The number of nitrogens with zero attached hydrogens (tertiary/aromatic N) is 1. The Morgan fingerprint density at radius 2 is 2.11 bits per heavy atom. The molecule has 0 bridgehead atoms. The third-order valence-corrected chi connectivity index (χ3v) is 4.81. The first-order chi connectivity index (χ1) is 9.00. The summed E-state index contributed by atoms with van der Waals surface area (Å²) >= 11 is 0. The van der Waals surface area contributed by atoms with Gasteiger partial charge in [0.15, 0.2) is 0 Å². The van der Waals surface area contributed by atoms with Crippen LogP contribution in [0.5, 0.6) is 0 Å². The van der Waals surface area contributed by atoms with Crippen molar-refractivity contribution in [2.24, 2.45) is 0 Å². The summed E-state index contributed by atoms with van der Waals surface area (Å²) in [5.41, 5.74) is 1.83. The van der Waals surface area contributed by atoms with Gasteiger partial charge >= 0.3 is 0 Å². The average molecular weight is 282 g/mol. The Hall–Kier alpha value is -1.07. The van der Waals surface area contributed by atoms with Gasteiger partial charge in [-0.05, 0) is 50.9 Å². The molecule has 2 rings (SSSR count). The predicted molar refractivity (Wildman–Crippen MR) is 78.9 cm³/mol. The van der Waals surface area contributed by atoms with Crippen molar-refractivity contribution in [2.75, 3.05) is 24.1 Å². The molecule has 0 spiro atoms. The van der Waals surface area contributed by atoms with Gasteiger partial charge in [-0.1, -0.05) is 12.1 Å². The Morgan fingerprint density at radius 1 is 1.37 bits per heavy atom. The fourth-order valence-electron chi connectivity index (χ4n) is 2.05. The van der Waals surface area contributed by atoms with E-state index in [1.807, 2.05) is 18.2 Å². The average Bonchev–Trinajstić information content (AvgIpc) is 3.20. The van der Waals surface area contributed by atoms with Gasteiger partial charge in [0.1, 0.15) is 0 Å². The second-order valence-electron chi connectivity index (χ2n) is 5.17. The Balaban J connectivity index is 1.94. The Labute approximate surface area is 115 Å². The molecule has 4 nitrogen and oxygen atoms in total. The summed E-state index contributed by atoms with van der Waals surface area (Å²) in [5, 5.41) is 0. The molecular formula is C14H22N2O2S. The highest BCUT2D eigenvalue weighted by atomic mass is 32.2. The van der Waals surface area contributed by atoms with Crippen LogP contribution in [0.2, 0.25) is 0 Å². The first kappa shape index (κ1) is 14.3. The van der Waals surface area contributed by atoms with E-state index in [-0.39, 0.29) is 5.75 Å². The molecule has 106 valence electrons. The van der Waals surface area contributed by atoms with Gasteiger partial charge in [-0.15, -0.1) is 0 Å².